The van der Waals surface area contributed by atoms with Crippen molar-refractivity contribution in [3.05, 3.63) is 58.6 Å². The number of benzene rings is 2. The molecular weight excluding hydrogens is 421 g/mol. The molecule has 6 nitrogen and oxygen atoms in total. The average Bonchev–Trinajstić information content (AvgIpc) is 2.83. The van der Waals surface area contributed by atoms with Crippen molar-refractivity contribution in [1.82, 2.24) is 0 Å². The molecule has 2 atom stereocenters. The Balaban J connectivity index is 2.16. The highest BCUT2D eigenvalue weighted by Crippen LogP contribution is 2.33. The van der Waals surface area contributed by atoms with Gasteiger partial charge in [-0.3, -0.25) is 4.31 Å². The van der Waals surface area contributed by atoms with Crippen molar-refractivity contribution in [1.29, 1.82) is 0 Å². The molecule has 0 saturated carbocycles. The Labute approximate surface area is 161 Å². The van der Waals surface area contributed by atoms with Gasteiger partial charge < -0.3 is 5.11 Å². The van der Waals surface area contributed by atoms with E-state index >= 15 is 0 Å². The Hall–Kier alpha value is -1.32. The third kappa shape index (κ3) is 3.70. The normalized spacial score (nSPS) is 22.3. The number of sulfonamides is 1. The molecule has 0 spiro atoms. The van der Waals surface area contributed by atoms with Crippen molar-refractivity contribution >= 4 is 48.7 Å². The first-order valence-electron chi connectivity index (χ1n) is 7.55. The summed E-state index contributed by atoms with van der Waals surface area (Å²) in [5.41, 5.74) is 0.250. The van der Waals surface area contributed by atoms with Crippen LogP contribution in [-0.4, -0.2) is 45.6 Å². The Morgan fingerprint density at radius 1 is 1.00 bits per heavy atom. The number of anilines is 1. The van der Waals surface area contributed by atoms with Gasteiger partial charge in [0.25, 0.3) is 10.0 Å². The van der Waals surface area contributed by atoms with E-state index in [-0.39, 0.29) is 20.6 Å². The number of nitrogens with zero attached hydrogens (tertiary/aromatic N) is 1. The SMILES string of the molecule is O=S1(=O)C[C@H](O)[C@@H](N(c2ccccc2)S(=O)(=O)c2ccc(Cl)c(Cl)c2)C1. The molecule has 2 aromatic carbocycles. The standard InChI is InChI=1S/C16H15Cl2NO5S2/c17-13-7-6-12(8-14(13)18)26(23,24)19(11-4-2-1-3-5-11)15-9-25(21,22)10-16(15)20/h1-8,15-16,20H,9-10H2/t15-,16-/m0/s1. The number of sulfone groups is 1. The Morgan fingerprint density at radius 3 is 2.19 bits per heavy atom. The second-order valence-electron chi connectivity index (χ2n) is 5.92. The number of rotatable bonds is 4. The predicted molar refractivity (Wildman–Crippen MR) is 101 cm³/mol. The van der Waals surface area contributed by atoms with Crippen LogP contribution in [0.25, 0.3) is 0 Å². The third-order valence-electron chi connectivity index (χ3n) is 4.05. The van der Waals surface area contributed by atoms with Gasteiger partial charge in [0.05, 0.1) is 44.3 Å². The fraction of sp³-hybridized carbons (Fsp3) is 0.250. The van der Waals surface area contributed by atoms with Crippen molar-refractivity contribution in [2.45, 2.75) is 17.0 Å². The highest BCUT2D eigenvalue weighted by atomic mass is 35.5. The smallest absolute Gasteiger partial charge is 0.264 e. The van der Waals surface area contributed by atoms with Gasteiger partial charge in [-0.25, -0.2) is 16.8 Å². The maximum absolute atomic E-state index is 13.3. The molecule has 140 valence electrons. The second-order valence-corrected chi connectivity index (χ2v) is 10.7. The molecule has 3 rings (SSSR count). The Morgan fingerprint density at radius 2 is 1.65 bits per heavy atom. The summed E-state index contributed by atoms with van der Waals surface area (Å²) in [4.78, 5) is -0.146. The lowest BCUT2D eigenvalue weighted by atomic mass is 10.2. The molecule has 0 aliphatic carbocycles. The molecule has 0 bridgehead atoms. The van der Waals surface area contributed by atoms with E-state index in [0.29, 0.717) is 0 Å². The van der Waals surface area contributed by atoms with Crippen LogP contribution in [0.3, 0.4) is 0 Å². The first kappa shape index (κ1) is 19.4. The molecule has 0 aromatic heterocycles. The molecule has 2 aromatic rings. The summed E-state index contributed by atoms with van der Waals surface area (Å²) in [5.74, 6) is -0.957. The summed E-state index contributed by atoms with van der Waals surface area (Å²) in [6, 6.07) is 10.7. The van der Waals surface area contributed by atoms with Crippen molar-refractivity contribution < 1.29 is 21.9 Å². The topological polar surface area (TPSA) is 91.8 Å². The number of aliphatic hydroxyl groups excluding tert-OH is 1. The molecule has 10 heteroatoms. The second kappa shape index (κ2) is 7.01. The molecule has 1 heterocycles. The fourth-order valence-corrected chi connectivity index (χ4v) is 6.80. The van der Waals surface area contributed by atoms with Gasteiger partial charge in [0.15, 0.2) is 9.84 Å². The highest BCUT2D eigenvalue weighted by Gasteiger charge is 2.45. The monoisotopic (exact) mass is 435 g/mol. The minimum absolute atomic E-state index is 0.0559. The van der Waals surface area contributed by atoms with Gasteiger partial charge in [0, 0.05) is 0 Å². The van der Waals surface area contributed by atoms with Gasteiger partial charge >= 0.3 is 0 Å². The molecule has 0 amide bonds. The molecule has 1 fully saturated rings. The Kier molecular flexibility index (Phi) is 5.24. The zero-order valence-corrected chi connectivity index (χ0v) is 16.4. The van der Waals surface area contributed by atoms with E-state index in [9.17, 15) is 21.9 Å². The maximum atomic E-state index is 13.3. The van der Waals surface area contributed by atoms with Crippen molar-refractivity contribution in [2.75, 3.05) is 15.8 Å². The molecule has 26 heavy (non-hydrogen) atoms. The van der Waals surface area contributed by atoms with Crippen molar-refractivity contribution in [2.24, 2.45) is 0 Å². The largest absolute Gasteiger partial charge is 0.390 e. The van der Waals surface area contributed by atoms with Crippen LogP contribution in [-0.2, 0) is 19.9 Å². The van der Waals surface area contributed by atoms with Crippen LogP contribution < -0.4 is 4.31 Å². The summed E-state index contributed by atoms with van der Waals surface area (Å²) in [6.45, 7) is 0. The van der Waals surface area contributed by atoms with Crippen LogP contribution in [0.2, 0.25) is 10.0 Å². The first-order chi connectivity index (χ1) is 12.1. The molecule has 1 aliphatic heterocycles. The zero-order valence-electron chi connectivity index (χ0n) is 13.3. The minimum atomic E-state index is -4.19. The van der Waals surface area contributed by atoms with Crippen LogP contribution in [0.15, 0.2) is 53.4 Å². The van der Waals surface area contributed by atoms with Gasteiger partial charge in [0.1, 0.15) is 0 Å². The summed E-state index contributed by atoms with van der Waals surface area (Å²) >= 11 is 11.8. The van der Waals surface area contributed by atoms with E-state index in [2.05, 4.69) is 0 Å². The highest BCUT2D eigenvalue weighted by molar-refractivity contribution is 7.93. The number of hydrogen-bond acceptors (Lipinski definition) is 5. The van der Waals surface area contributed by atoms with Crippen LogP contribution in [0.4, 0.5) is 5.69 Å². The molecular formula is C16H15Cl2NO5S2. The van der Waals surface area contributed by atoms with Crippen LogP contribution in [0.1, 0.15) is 0 Å². The summed E-state index contributed by atoms with van der Waals surface area (Å²) < 4.78 is 51.3. The number of hydrogen-bond donors (Lipinski definition) is 1. The van der Waals surface area contributed by atoms with Gasteiger partial charge in [-0.1, -0.05) is 41.4 Å². The maximum Gasteiger partial charge on any atom is 0.264 e. The predicted octanol–water partition coefficient (Wildman–Crippen LogP) is 2.35. The average molecular weight is 436 g/mol. The molecule has 1 aliphatic rings. The zero-order chi connectivity index (χ0) is 19.1. The minimum Gasteiger partial charge on any atom is -0.390 e. The van der Waals surface area contributed by atoms with Gasteiger partial charge in [-0.15, -0.1) is 0 Å². The number of para-hydroxylation sites is 1. The van der Waals surface area contributed by atoms with E-state index in [1.54, 1.807) is 18.2 Å². The van der Waals surface area contributed by atoms with E-state index < -0.39 is 43.5 Å². The quantitative estimate of drug-likeness (QED) is 0.795. The lowest BCUT2D eigenvalue weighted by Gasteiger charge is -2.31. The summed E-state index contributed by atoms with van der Waals surface area (Å²) in [7, 11) is -7.75. The van der Waals surface area contributed by atoms with E-state index in [0.717, 1.165) is 4.31 Å². The van der Waals surface area contributed by atoms with Crippen molar-refractivity contribution in [3.63, 3.8) is 0 Å². The number of aliphatic hydroxyl groups is 1. The molecule has 0 unspecified atom stereocenters. The first-order valence-corrected chi connectivity index (χ1v) is 11.6. The van der Waals surface area contributed by atoms with Crippen molar-refractivity contribution in [3.8, 4) is 0 Å². The van der Waals surface area contributed by atoms with Gasteiger partial charge in [0.2, 0.25) is 0 Å². The molecule has 1 N–H and O–H groups in total. The lowest BCUT2D eigenvalue weighted by Crippen LogP contribution is -2.47. The van der Waals surface area contributed by atoms with E-state index in [1.807, 2.05) is 0 Å². The van der Waals surface area contributed by atoms with E-state index in [4.69, 9.17) is 23.2 Å². The molecule has 1 saturated heterocycles. The van der Waals surface area contributed by atoms with Gasteiger partial charge in [-0.05, 0) is 30.3 Å². The van der Waals surface area contributed by atoms with Crippen LogP contribution in [0, 0.1) is 0 Å². The van der Waals surface area contributed by atoms with Crippen LogP contribution in [0.5, 0.6) is 0 Å². The Bertz CT molecular complexity index is 1030. The fourth-order valence-electron chi connectivity index (χ4n) is 2.87. The number of halogens is 2. The van der Waals surface area contributed by atoms with Crippen LogP contribution >= 0.6 is 23.2 Å². The van der Waals surface area contributed by atoms with Gasteiger partial charge in [-0.2, -0.15) is 0 Å². The van der Waals surface area contributed by atoms with E-state index in [1.165, 1.54) is 30.3 Å². The summed E-state index contributed by atoms with van der Waals surface area (Å²) in [6.07, 6.45) is -1.34. The lowest BCUT2D eigenvalue weighted by molar-refractivity contribution is 0.184. The third-order valence-corrected chi connectivity index (χ3v) is 8.34. The molecule has 0 radical (unpaired) electrons. The summed E-state index contributed by atoms with van der Waals surface area (Å²) in [5, 5.41) is 10.5.